The van der Waals surface area contributed by atoms with Gasteiger partial charge in [-0.1, -0.05) is 6.07 Å². The van der Waals surface area contributed by atoms with Crippen LogP contribution in [0.4, 0.5) is 31.1 Å². The molecule has 0 aromatic heterocycles. The highest BCUT2D eigenvalue weighted by Crippen LogP contribution is 2.49. The summed E-state index contributed by atoms with van der Waals surface area (Å²) < 4.78 is 81.3. The molecule has 2 aromatic carbocycles. The topological polar surface area (TPSA) is 105 Å². The first-order valence-corrected chi connectivity index (χ1v) is 14.1. The lowest BCUT2D eigenvalue weighted by Gasteiger charge is -2.47. The molecule has 0 aliphatic carbocycles. The number of carbonyl (C=O) groups is 2. The molecule has 2 aliphatic rings. The quantitative estimate of drug-likeness (QED) is 0.362. The van der Waals surface area contributed by atoms with Crippen LogP contribution in [-0.2, 0) is 17.1 Å². The van der Waals surface area contributed by atoms with Crippen LogP contribution in [0.25, 0.3) is 0 Å². The number of aliphatic hydroxyl groups excluding tert-OH is 2. The zero-order valence-electron chi connectivity index (χ0n) is 24.4. The smallest absolute Gasteiger partial charge is 0.416 e. The number of halogens is 6. The molecule has 2 saturated heterocycles. The number of benzene rings is 2. The molecule has 0 radical (unpaired) electrons. The summed E-state index contributed by atoms with van der Waals surface area (Å²) in [7, 11) is 1.29. The minimum Gasteiger partial charge on any atom is -0.508 e. The number of piperazine rings is 1. The fourth-order valence-corrected chi connectivity index (χ4v) is 6.53. The Balaban J connectivity index is 1.76. The molecule has 44 heavy (non-hydrogen) atoms. The van der Waals surface area contributed by atoms with Crippen LogP contribution in [0.15, 0.2) is 36.4 Å². The third kappa shape index (κ3) is 6.19. The standard InChI is InChI=1S/C30H35F6N3O5/c1-17-12-22(42)4-5-23(17)25-24-16-28(6-10-40,7-11-41)26(43)38(24)8-9-39(25)27(44)37(3)18(2)19-13-20(29(31,32)33)15-21(14-19)30(34,35)36/h4-5,12-15,18,24-25,40-42H,6-11,16H2,1-3H3/t18-,24+,25+/m1/s1. The molecule has 2 aliphatic heterocycles. The van der Waals surface area contributed by atoms with E-state index in [1.807, 2.05) is 0 Å². The minimum atomic E-state index is -5.05. The van der Waals surface area contributed by atoms with Gasteiger partial charge in [0, 0.05) is 33.4 Å². The SMILES string of the molecule is Cc1cc(O)ccc1[C@H]1[C@@H]2CC(CCO)(CCO)C(=O)N2CCN1C(=O)N(C)[C@H](C)c1cc(C(F)(F)F)cc(C(F)(F)F)c1. The van der Waals surface area contributed by atoms with Crippen molar-refractivity contribution in [3.63, 3.8) is 0 Å². The number of alkyl halides is 6. The van der Waals surface area contributed by atoms with Gasteiger partial charge in [-0.05, 0) is 80.1 Å². The second kappa shape index (κ2) is 12.1. The van der Waals surface area contributed by atoms with Gasteiger partial charge in [0.1, 0.15) is 5.75 Å². The van der Waals surface area contributed by atoms with Crippen molar-refractivity contribution in [2.75, 3.05) is 33.4 Å². The number of aliphatic hydroxyl groups is 2. The average molecular weight is 632 g/mol. The number of aryl methyl sites for hydroxylation is 1. The highest BCUT2D eigenvalue weighted by Gasteiger charge is 2.56. The van der Waals surface area contributed by atoms with Crippen LogP contribution in [-0.4, -0.2) is 81.4 Å². The van der Waals surface area contributed by atoms with Gasteiger partial charge in [-0.15, -0.1) is 0 Å². The van der Waals surface area contributed by atoms with Gasteiger partial charge in [0.2, 0.25) is 5.91 Å². The Hall–Kier alpha value is -3.52. The number of phenols is 1. The number of carbonyl (C=O) groups excluding carboxylic acids is 2. The predicted octanol–water partition coefficient (Wildman–Crippen LogP) is 5.26. The number of hydrogen-bond acceptors (Lipinski definition) is 5. The molecule has 14 heteroatoms. The van der Waals surface area contributed by atoms with Gasteiger partial charge in [0.15, 0.2) is 0 Å². The number of rotatable bonds is 7. The normalized spacial score (nSPS) is 20.9. The fraction of sp³-hybridized carbons (Fsp3) is 0.533. The molecule has 2 fully saturated rings. The Morgan fingerprint density at radius 3 is 2.07 bits per heavy atom. The van der Waals surface area contributed by atoms with Gasteiger partial charge in [-0.3, -0.25) is 4.79 Å². The zero-order chi connectivity index (χ0) is 32.8. The maximum absolute atomic E-state index is 14.1. The third-order valence-corrected chi connectivity index (χ3v) is 8.97. The van der Waals surface area contributed by atoms with E-state index in [2.05, 4.69) is 0 Å². The van der Waals surface area contributed by atoms with Crippen LogP contribution < -0.4 is 0 Å². The van der Waals surface area contributed by atoms with Crippen LogP contribution >= 0.6 is 0 Å². The molecule has 2 heterocycles. The average Bonchev–Trinajstić information content (AvgIpc) is 3.21. The Kier molecular flexibility index (Phi) is 9.19. The maximum Gasteiger partial charge on any atom is 0.416 e. The van der Waals surface area contributed by atoms with Crippen molar-refractivity contribution >= 4 is 11.9 Å². The molecule has 3 N–H and O–H groups in total. The summed E-state index contributed by atoms with van der Waals surface area (Å²) in [5.74, 6) is -0.311. The molecule has 2 aromatic rings. The second-order valence-corrected chi connectivity index (χ2v) is 11.6. The van der Waals surface area contributed by atoms with E-state index in [-0.39, 0.29) is 68.9 Å². The van der Waals surface area contributed by atoms with Crippen molar-refractivity contribution in [3.8, 4) is 5.75 Å². The van der Waals surface area contributed by atoms with Gasteiger partial charge in [0.25, 0.3) is 0 Å². The summed E-state index contributed by atoms with van der Waals surface area (Å²) in [5.41, 5.74) is -3.25. The molecular weight excluding hydrogens is 596 g/mol. The molecule has 0 bridgehead atoms. The van der Waals surface area contributed by atoms with Gasteiger partial charge in [0.05, 0.1) is 34.7 Å². The highest BCUT2D eigenvalue weighted by molar-refractivity contribution is 5.86. The van der Waals surface area contributed by atoms with Gasteiger partial charge < -0.3 is 30.0 Å². The molecule has 3 amide bonds. The summed E-state index contributed by atoms with van der Waals surface area (Å²) in [6, 6.07) is 2.41. The van der Waals surface area contributed by atoms with Crippen molar-refractivity contribution in [2.24, 2.45) is 5.41 Å². The lowest BCUT2D eigenvalue weighted by molar-refractivity contribution is -0.143. The Labute approximate surface area is 250 Å². The summed E-state index contributed by atoms with van der Waals surface area (Å²) in [5, 5.41) is 29.6. The minimum absolute atomic E-state index is 0.00611. The highest BCUT2D eigenvalue weighted by atomic mass is 19.4. The summed E-state index contributed by atoms with van der Waals surface area (Å²) in [6.45, 7) is 2.50. The Morgan fingerprint density at radius 2 is 1.57 bits per heavy atom. The van der Waals surface area contributed by atoms with E-state index in [0.717, 1.165) is 4.90 Å². The summed E-state index contributed by atoms with van der Waals surface area (Å²) >= 11 is 0. The van der Waals surface area contributed by atoms with E-state index < -0.39 is 53.1 Å². The van der Waals surface area contributed by atoms with Crippen LogP contribution in [0.5, 0.6) is 5.75 Å². The molecule has 4 rings (SSSR count). The van der Waals surface area contributed by atoms with E-state index >= 15 is 0 Å². The van der Waals surface area contributed by atoms with E-state index in [1.54, 1.807) is 17.9 Å². The first kappa shape index (κ1) is 33.4. The van der Waals surface area contributed by atoms with Crippen LogP contribution in [0.2, 0.25) is 0 Å². The van der Waals surface area contributed by atoms with E-state index in [0.29, 0.717) is 23.3 Å². The lowest BCUT2D eigenvalue weighted by Crippen LogP contribution is -2.57. The number of fused-ring (bicyclic) bond motifs is 1. The molecule has 0 unspecified atom stereocenters. The fourth-order valence-electron chi connectivity index (χ4n) is 6.53. The molecule has 3 atom stereocenters. The first-order valence-electron chi connectivity index (χ1n) is 14.1. The number of aromatic hydroxyl groups is 1. The number of phenolic OH excluding ortho intramolecular Hbond substituents is 1. The van der Waals surface area contributed by atoms with E-state index in [4.69, 9.17) is 0 Å². The zero-order valence-corrected chi connectivity index (χ0v) is 24.4. The number of hydrogen-bond donors (Lipinski definition) is 3. The number of nitrogens with zero attached hydrogens (tertiary/aromatic N) is 3. The van der Waals surface area contributed by atoms with Crippen LogP contribution in [0.1, 0.15) is 66.1 Å². The molecule has 0 saturated carbocycles. The largest absolute Gasteiger partial charge is 0.508 e. The van der Waals surface area contributed by atoms with Crippen molar-refractivity contribution in [1.82, 2.24) is 14.7 Å². The van der Waals surface area contributed by atoms with Crippen LogP contribution in [0.3, 0.4) is 0 Å². The molecule has 0 spiro atoms. The Morgan fingerprint density at radius 1 is 1.00 bits per heavy atom. The number of amides is 3. The lowest BCUT2D eigenvalue weighted by atomic mass is 9.77. The van der Waals surface area contributed by atoms with Crippen molar-refractivity contribution in [3.05, 3.63) is 64.2 Å². The molecule has 8 nitrogen and oxygen atoms in total. The monoisotopic (exact) mass is 631 g/mol. The van der Waals surface area contributed by atoms with Gasteiger partial charge >= 0.3 is 18.4 Å². The number of urea groups is 1. The molecular formula is C30H35F6N3O5. The van der Waals surface area contributed by atoms with Crippen molar-refractivity contribution in [2.45, 2.75) is 63.6 Å². The summed E-state index contributed by atoms with van der Waals surface area (Å²) in [6.07, 6.45) is -9.75. The third-order valence-electron chi connectivity index (χ3n) is 8.97. The Bertz CT molecular complexity index is 1360. The van der Waals surface area contributed by atoms with Crippen LogP contribution in [0, 0.1) is 12.3 Å². The van der Waals surface area contributed by atoms with E-state index in [1.165, 1.54) is 31.0 Å². The van der Waals surface area contributed by atoms with Gasteiger partial charge in [-0.25, -0.2) is 4.79 Å². The molecule has 242 valence electrons. The predicted molar refractivity (Wildman–Crippen MR) is 146 cm³/mol. The van der Waals surface area contributed by atoms with Crippen molar-refractivity contribution in [1.29, 1.82) is 0 Å². The van der Waals surface area contributed by atoms with Crippen molar-refractivity contribution < 1.29 is 51.3 Å². The summed E-state index contributed by atoms with van der Waals surface area (Å²) in [4.78, 5) is 31.9. The maximum atomic E-state index is 14.1. The van der Waals surface area contributed by atoms with E-state index in [9.17, 15) is 51.3 Å². The van der Waals surface area contributed by atoms with Gasteiger partial charge in [-0.2, -0.15) is 26.3 Å². The first-order chi connectivity index (χ1) is 20.4. The second-order valence-electron chi connectivity index (χ2n) is 11.6.